The average Bonchev–Trinajstić information content (AvgIpc) is 2.56. The summed E-state index contributed by atoms with van der Waals surface area (Å²) in [5.74, 6) is 0. The van der Waals surface area contributed by atoms with Crippen LogP contribution in [0.15, 0.2) is 5.29 Å². The zero-order valence-electron chi connectivity index (χ0n) is 7.67. The number of nitroso groups, excluding NO2 is 1. The van der Waals surface area contributed by atoms with Crippen LogP contribution >= 0.6 is 0 Å². The standard InChI is InChI=1S/C6H9N5O3/c1-9-3-4(10(2)5(12)7-3)11(8-14)6(9)13/h3-4H,1-2H3,(H,7,12). The monoisotopic (exact) mass is 199 g/mol. The van der Waals surface area contributed by atoms with Crippen LogP contribution in [0.3, 0.4) is 0 Å². The predicted molar refractivity (Wildman–Crippen MR) is 44.7 cm³/mol. The zero-order chi connectivity index (χ0) is 10.5. The Hall–Kier alpha value is -1.86. The van der Waals surface area contributed by atoms with Crippen LogP contribution in [-0.2, 0) is 0 Å². The maximum absolute atomic E-state index is 11.4. The molecule has 0 aromatic rings. The number of amides is 4. The van der Waals surface area contributed by atoms with Crippen LogP contribution in [0.4, 0.5) is 9.59 Å². The molecule has 2 aliphatic rings. The number of carbonyl (C=O) groups is 2. The number of hydrogen-bond acceptors (Lipinski definition) is 4. The lowest BCUT2D eigenvalue weighted by molar-refractivity contribution is 0.146. The Morgan fingerprint density at radius 1 is 1.29 bits per heavy atom. The van der Waals surface area contributed by atoms with E-state index in [0.29, 0.717) is 0 Å². The van der Waals surface area contributed by atoms with E-state index in [0.717, 1.165) is 5.01 Å². The zero-order valence-corrected chi connectivity index (χ0v) is 7.67. The van der Waals surface area contributed by atoms with E-state index in [9.17, 15) is 14.5 Å². The number of rotatable bonds is 1. The van der Waals surface area contributed by atoms with Crippen molar-refractivity contribution in [2.45, 2.75) is 12.3 Å². The van der Waals surface area contributed by atoms with Crippen molar-refractivity contribution in [2.24, 2.45) is 5.29 Å². The largest absolute Gasteiger partial charge is 0.346 e. The number of nitrogens with zero attached hydrogens (tertiary/aromatic N) is 4. The first-order valence-corrected chi connectivity index (χ1v) is 4.00. The summed E-state index contributed by atoms with van der Waals surface area (Å²) in [7, 11) is 3.01. The number of nitrogens with one attached hydrogen (secondary N) is 1. The predicted octanol–water partition coefficient (Wildman–Crippen LogP) is -0.658. The smallest absolute Gasteiger partial charge is 0.314 e. The van der Waals surface area contributed by atoms with Crippen molar-refractivity contribution in [2.75, 3.05) is 14.1 Å². The second kappa shape index (κ2) is 2.56. The molecule has 4 amide bonds. The van der Waals surface area contributed by atoms with Gasteiger partial charge in [0, 0.05) is 14.1 Å². The van der Waals surface area contributed by atoms with E-state index in [-0.39, 0.29) is 6.03 Å². The van der Waals surface area contributed by atoms with Gasteiger partial charge in [-0.3, -0.25) is 0 Å². The van der Waals surface area contributed by atoms with Crippen molar-refractivity contribution in [1.82, 2.24) is 20.1 Å². The quantitative estimate of drug-likeness (QED) is 0.569. The molecule has 0 bridgehead atoms. The molecule has 2 rings (SSSR count). The highest BCUT2D eigenvalue weighted by Gasteiger charge is 2.53. The highest BCUT2D eigenvalue weighted by Crippen LogP contribution is 2.26. The third-order valence-electron chi connectivity index (χ3n) is 2.52. The SMILES string of the molecule is CN1C(=O)N(N=O)C2C1NC(=O)N2C. The van der Waals surface area contributed by atoms with Crippen LogP contribution in [0.2, 0.25) is 0 Å². The average molecular weight is 199 g/mol. The molecular weight excluding hydrogens is 190 g/mol. The van der Waals surface area contributed by atoms with E-state index in [4.69, 9.17) is 0 Å². The first-order chi connectivity index (χ1) is 6.57. The Kier molecular flexibility index (Phi) is 1.60. The fourth-order valence-electron chi connectivity index (χ4n) is 1.71. The highest BCUT2D eigenvalue weighted by molar-refractivity contribution is 5.84. The molecule has 0 aromatic heterocycles. The van der Waals surface area contributed by atoms with Crippen molar-refractivity contribution >= 4 is 12.1 Å². The minimum absolute atomic E-state index is 0.326. The van der Waals surface area contributed by atoms with Gasteiger partial charge in [-0.1, -0.05) is 0 Å². The van der Waals surface area contributed by atoms with Crippen LogP contribution in [0.5, 0.6) is 0 Å². The molecule has 2 atom stereocenters. The number of fused-ring (bicyclic) bond motifs is 1. The Balaban J connectivity index is 2.36. The lowest BCUT2D eigenvalue weighted by Crippen LogP contribution is -2.41. The number of carbonyl (C=O) groups excluding carboxylic acids is 2. The van der Waals surface area contributed by atoms with Gasteiger partial charge < -0.3 is 15.1 Å². The molecule has 8 heteroatoms. The van der Waals surface area contributed by atoms with Crippen LogP contribution in [-0.4, -0.2) is 53.3 Å². The topological polar surface area (TPSA) is 85.3 Å². The van der Waals surface area contributed by atoms with Gasteiger partial charge in [0.25, 0.3) is 0 Å². The molecule has 2 fully saturated rings. The fourth-order valence-corrected chi connectivity index (χ4v) is 1.71. The normalized spacial score (nSPS) is 30.9. The minimum atomic E-state index is -0.641. The second-order valence-electron chi connectivity index (χ2n) is 3.24. The molecule has 0 aromatic carbocycles. The van der Waals surface area contributed by atoms with Gasteiger partial charge in [0.2, 0.25) is 0 Å². The third-order valence-corrected chi connectivity index (χ3v) is 2.52. The third kappa shape index (κ3) is 0.820. The Bertz CT molecular complexity index is 319. The summed E-state index contributed by atoms with van der Waals surface area (Å²) in [6.07, 6.45) is -1.14. The maximum Gasteiger partial charge on any atom is 0.346 e. The summed E-state index contributed by atoms with van der Waals surface area (Å²) >= 11 is 0. The van der Waals surface area contributed by atoms with Crippen LogP contribution in [0, 0.1) is 4.91 Å². The summed E-state index contributed by atoms with van der Waals surface area (Å²) in [5, 5.41) is 5.92. The molecule has 0 saturated carbocycles. The van der Waals surface area contributed by atoms with Gasteiger partial charge in [0.15, 0.2) is 6.17 Å². The lowest BCUT2D eigenvalue weighted by atomic mass is 10.4. The highest BCUT2D eigenvalue weighted by atomic mass is 16.3. The molecule has 76 valence electrons. The molecule has 2 aliphatic heterocycles. The summed E-state index contributed by atoms with van der Waals surface area (Å²) < 4.78 is 0. The van der Waals surface area contributed by atoms with E-state index in [1.165, 1.54) is 23.9 Å². The van der Waals surface area contributed by atoms with E-state index in [1.54, 1.807) is 0 Å². The van der Waals surface area contributed by atoms with Crippen LogP contribution in [0.25, 0.3) is 0 Å². The molecule has 0 spiro atoms. The molecule has 0 radical (unpaired) electrons. The van der Waals surface area contributed by atoms with Gasteiger partial charge in [-0.15, -0.1) is 4.91 Å². The van der Waals surface area contributed by atoms with Gasteiger partial charge in [-0.2, -0.15) is 5.01 Å². The summed E-state index contributed by atoms with van der Waals surface area (Å²) in [6, 6.07) is -0.838. The van der Waals surface area contributed by atoms with Crippen LogP contribution in [0.1, 0.15) is 0 Å². The minimum Gasteiger partial charge on any atom is -0.314 e. The number of urea groups is 2. The Morgan fingerprint density at radius 2 is 1.93 bits per heavy atom. The number of likely N-dealkylation sites (N-methyl/N-ethyl adjacent to an activating group) is 2. The second-order valence-corrected chi connectivity index (χ2v) is 3.24. The van der Waals surface area contributed by atoms with E-state index >= 15 is 0 Å². The first-order valence-electron chi connectivity index (χ1n) is 4.00. The van der Waals surface area contributed by atoms with Crippen molar-refractivity contribution in [3.63, 3.8) is 0 Å². The Morgan fingerprint density at radius 3 is 2.50 bits per heavy atom. The molecule has 1 N–H and O–H groups in total. The van der Waals surface area contributed by atoms with Gasteiger partial charge in [-0.05, 0) is 0 Å². The molecule has 14 heavy (non-hydrogen) atoms. The molecule has 2 heterocycles. The molecule has 2 unspecified atom stereocenters. The van der Waals surface area contributed by atoms with E-state index in [2.05, 4.69) is 10.6 Å². The van der Waals surface area contributed by atoms with Crippen molar-refractivity contribution in [3.8, 4) is 0 Å². The van der Waals surface area contributed by atoms with Gasteiger partial charge in [-0.25, -0.2) is 9.59 Å². The van der Waals surface area contributed by atoms with Crippen molar-refractivity contribution in [1.29, 1.82) is 0 Å². The van der Waals surface area contributed by atoms with Gasteiger partial charge >= 0.3 is 12.1 Å². The first kappa shape index (κ1) is 8.73. The summed E-state index contributed by atoms with van der Waals surface area (Å²) in [4.78, 5) is 35.6. The lowest BCUT2D eigenvalue weighted by Gasteiger charge is -2.18. The summed E-state index contributed by atoms with van der Waals surface area (Å²) in [5.41, 5.74) is 0. The molecule has 8 nitrogen and oxygen atoms in total. The summed E-state index contributed by atoms with van der Waals surface area (Å²) in [6.45, 7) is 0. The van der Waals surface area contributed by atoms with E-state index < -0.39 is 18.4 Å². The van der Waals surface area contributed by atoms with Crippen LogP contribution < -0.4 is 5.32 Å². The fraction of sp³-hybridized carbons (Fsp3) is 0.667. The Labute approximate surface area is 79.4 Å². The van der Waals surface area contributed by atoms with E-state index in [1.807, 2.05) is 0 Å². The number of hydrogen-bond donors (Lipinski definition) is 1. The molecular formula is C6H9N5O3. The molecule has 2 saturated heterocycles. The molecule has 0 aliphatic carbocycles. The van der Waals surface area contributed by atoms with Crippen molar-refractivity contribution < 1.29 is 9.59 Å². The van der Waals surface area contributed by atoms with Gasteiger partial charge in [0.1, 0.15) is 6.17 Å². The maximum atomic E-state index is 11.4. The van der Waals surface area contributed by atoms with Gasteiger partial charge in [0.05, 0.1) is 5.29 Å². The van der Waals surface area contributed by atoms with Crippen molar-refractivity contribution in [3.05, 3.63) is 4.91 Å².